The molecule has 6 heteroatoms. The van der Waals surface area contributed by atoms with Crippen LogP contribution in [0.4, 0.5) is 5.95 Å². The fraction of sp³-hybridized carbons (Fsp3) is 0.615. The quantitative estimate of drug-likeness (QED) is 0.858. The number of rotatable bonds is 5. The molecule has 0 aliphatic heterocycles. The third-order valence-corrected chi connectivity index (χ3v) is 3.99. The number of carboxylic acids is 1. The third kappa shape index (κ3) is 2.68. The minimum absolute atomic E-state index is 0.114. The lowest BCUT2D eigenvalue weighted by Gasteiger charge is -2.49. The molecule has 0 radical (unpaired) electrons. The number of hydrogen-bond acceptors (Lipinski definition) is 5. The van der Waals surface area contributed by atoms with Gasteiger partial charge < -0.3 is 14.9 Å². The molecule has 1 N–H and O–H groups in total. The SMILES string of the molecule is CN(CC1(N(C)C)CCC1)c1ncc(C(=O)O)cn1. The maximum atomic E-state index is 10.8. The second-order valence-corrected chi connectivity index (χ2v) is 5.41. The fourth-order valence-corrected chi connectivity index (χ4v) is 2.47. The van der Waals surface area contributed by atoms with Crippen molar-refractivity contribution in [3.8, 4) is 0 Å². The van der Waals surface area contributed by atoms with E-state index in [0.717, 1.165) is 6.54 Å². The Bertz CT molecular complexity index is 454. The Labute approximate surface area is 113 Å². The van der Waals surface area contributed by atoms with Crippen molar-refractivity contribution in [1.29, 1.82) is 0 Å². The van der Waals surface area contributed by atoms with Crippen LogP contribution in [0, 0.1) is 0 Å². The van der Waals surface area contributed by atoms with Gasteiger partial charge in [-0.2, -0.15) is 0 Å². The van der Waals surface area contributed by atoms with Gasteiger partial charge in [-0.25, -0.2) is 14.8 Å². The van der Waals surface area contributed by atoms with Crippen molar-refractivity contribution < 1.29 is 9.90 Å². The van der Waals surface area contributed by atoms with Crippen molar-refractivity contribution in [2.24, 2.45) is 0 Å². The maximum absolute atomic E-state index is 10.8. The fourth-order valence-electron chi connectivity index (χ4n) is 2.47. The lowest BCUT2D eigenvalue weighted by Crippen LogP contribution is -2.57. The van der Waals surface area contributed by atoms with Crippen molar-refractivity contribution in [1.82, 2.24) is 14.9 Å². The number of carboxylic acid groups (broad SMARTS) is 1. The third-order valence-electron chi connectivity index (χ3n) is 3.99. The van der Waals surface area contributed by atoms with Crippen LogP contribution in [-0.2, 0) is 0 Å². The second kappa shape index (κ2) is 5.13. The average Bonchev–Trinajstić information content (AvgIpc) is 2.33. The molecule has 2 rings (SSSR count). The molecule has 0 saturated heterocycles. The molecule has 1 aromatic heterocycles. The van der Waals surface area contributed by atoms with Crippen LogP contribution >= 0.6 is 0 Å². The van der Waals surface area contributed by atoms with Crippen molar-refractivity contribution in [2.75, 3.05) is 32.6 Å². The Balaban J connectivity index is 2.07. The van der Waals surface area contributed by atoms with Gasteiger partial charge in [-0.15, -0.1) is 0 Å². The van der Waals surface area contributed by atoms with Crippen LogP contribution < -0.4 is 4.90 Å². The molecule has 1 fully saturated rings. The first kappa shape index (κ1) is 13.7. The highest BCUT2D eigenvalue weighted by Gasteiger charge is 2.40. The van der Waals surface area contributed by atoms with Crippen LogP contribution in [0.3, 0.4) is 0 Å². The zero-order valence-electron chi connectivity index (χ0n) is 11.6. The first-order valence-electron chi connectivity index (χ1n) is 6.38. The normalized spacial score (nSPS) is 17.1. The van der Waals surface area contributed by atoms with Gasteiger partial charge in [0.05, 0.1) is 5.56 Å². The molecule has 1 saturated carbocycles. The lowest BCUT2D eigenvalue weighted by atomic mass is 9.75. The predicted octanol–water partition coefficient (Wildman–Crippen LogP) is 1.10. The molecule has 0 amide bonds. The number of nitrogens with zero attached hydrogens (tertiary/aromatic N) is 4. The topological polar surface area (TPSA) is 69.6 Å². The molecular formula is C13H20N4O2. The molecule has 19 heavy (non-hydrogen) atoms. The zero-order valence-corrected chi connectivity index (χ0v) is 11.6. The molecule has 0 bridgehead atoms. The largest absolute Gasteiger partial charge is 0.478 e. The van der Waals surface area contributed by atoms with Crippen molar-refractivity contribution >= 4 is 11.9 Å². The smallest absolute Gasteiger partial charge is 0.338 e. The number of aromatic nitrogens is 2. The van der Waals surface area contributed by atoms with Gasteiger partial charge in [0.2, 0.25) is 5.95 Å². The summed E-state index contributed by atoms with van der Waals surface area (Å²) in [6, 6.07) is 0. The molecule has 1 aliphatic carbocycles. The van der Waals surface area contributed by atoms with E-state index in [0.29, 0.717) is 5.95 Å². The van der Waals surface area contributed by atoms with E-state index in [1.54, 1.807) is 0 Å². The molecular weight excluding hydrogens is 244 g/mol. The van der Waals surface area contributed by atoms with E-state index in [9.17, 15) is 4.79 Å². The molecule has 1 aromatic rings. The van der Waals surface area contributed by atoms with Crippen LogP contribution in [0.2, 0.25) is 0 Å². The first-order valence-corrected chi connectivity index (χ1v) is 6.38. The number of anilines is 1. The van der Waals surface area contributed by atoms with E-state index in [1.165, 1.54) is 31.7 Å². The number of hydrogen-bond donors (Lipinski definition) is 1. The highest BCUT2D eigenvalue weighted by molar-refractivity contribution is 5.86. The van der Waals surface area contributed by atoms with Gasteiger partial charge in [0.25, 0.3) is 0 Å². The molecule has 1 aliphatic rings. The van der Waals surface area contributed by atoms with Gasteiger partial charge in [-0.1, -0.05) is 0 Å². The first-order chi connectivity index (χ1) is 8.94. The molecule has 6 nitrogen and oxygen atoms in total. The minimum Gasteiger partial charge on any atom is -0.478 e. The van der Waals surface area contributed by atoms with Gasteiger partial charge in [0.1, 0.15) is 0 Å². The summed E-state index contributed by atoms with van der Waals surface area (Å²) < 4.78 is 0. The van der Waals surface area contributed by atoms with Gasteiger partial charge in [-0.05, 0) is 33.4 Å². The number of carbonyl (C=O) groups is 1. The zero-order chi connectivity index (χ0) is 14.0. The summed E-state index contributed by atoms with van der Waals surface area (Å²) >= 11 is 0. The van der Waals surface area contributed by atoms with E-state index < -0.39 is 5.97 Å². The van der Waals surface area contributed by atoms with E-state index in [-0.39, 0.29) is 11.1 Å². The highest BCUT2D eigenvalue weighted by Crippen LogP contribution is 2.36. The number of likely N-dealkylation sites (N-methyl/N-ethyl adjacent to an activating group) is 2. The van der Waals surface area contributed by atoms with Crippen LogP contribution in [0.15, 0.2) is 12.4 Å². The summed E-state index contributed by atoms with van der Waals surface area (Å²) in [6.45, 7) is 0.854. The van der Waals surface area contributed by atoms with E-state index in [2.05, 4.69) is 29.0 Å². The van der Waals surface area contributed by atoms with Gasteiger partial charge in [0.15, 0.2) is 0 Å². The predicted molar refractivity (Wildman–Crippen MR) is 72.5 cm³/mol. The van der Waals surface area contributed by atoms with Gasteiger partial charge >= 0.3 is 5.97 Å². The molecule has 0 unspecified atom stereocenters. The molecule has 0 spiro atoms. The maximum Gasteiger partial charge on any atom is 0.338 e. The molecule has 1 heterocycles. The summed E-state index contributed by atoms with van der Waals surface area (Å²) in [5.74, 6) is -0.434. The Morgan fingerprint density at radius 3 is 2.26 bits per heavy atom. The summed E-state index contributed by atoms with van der Waals surface area (Å²) in [6.07, 6.45) is 6.31. The van der Waals surface area contributed by atoms with Crippen molar-refractivity contribution in [2.45, 2.75) is 24.8 Å². The van der Waals surface area contributed by atoms with Crippen LogP contribution in [0.1, 0.15) is 29.6 Å². The lowest BCUT2D eigenvalue weighted by molar-refractivity contribution is 0.0678. The van der Waals surface area contributed by atoms with Gasteiger partial charge in [-0.3, -0.25) is 0 Å². The van der Waals surface area contributed by atoms with Crippen LogP contribution in [0.5, 0.6) is 0 Å². The molecule has 0 aromatic carbocycles. The summed E-state index contributed by atoms with van der Waals surface area (Å²) in [5, 5.41) is 8.82. The minimum atomic E-state index is -1.00. The molecule has 0 atom stereocenters. The molecule has 104 valence electrons. The standard InChI is InChI=1S/C13H20N4O2/c1-16(2)13(5-4-6-13)9-17(3)12-14-7-10(8-15-12)11(18)19/h7-8H,4-6,9H2,1-3H3,(H,18,19). The summed E-state index contributed by atoms with van der Waals surface area (Å²) in [7, 11) is 6.14. The monoisotopic (exact) mass is 264 g/mol. The summed E-state index contributed by atoms with van der Waals surface area (Å²) in [4.78, 5) is 23.2. The van der Waals surface area contributed by atoms with E-state index >= 15 is 0 Å². The van der Waals surface area contributed by atoms with Crippen LogP contribution in [-0.4, -0.2) is 59.2 Å². The summed E-state index contributed by atoms with van der Waals surface area (Å²) in [5.41, 5.74) is 0.312. The van der Waals surface area contributed by atoms with Crippen LogP contribution in [0.25, 0.3) is 0 Å². The average molecular weight is 264 g/mol. The Morgan fingerprint density at radius 1 is 1.32 bits per heavy atom. The number of aromatic carboxylic acids is 1. The second-order valence-electron chi connectivity index (χ2n) is 5.41. The van der Waals surface area contributed by atoms with Gasteiger partial charge in [0, 0.05) is 31.5 Å². The van der Waals surface area contributed by atoms with Crippen molar-refractivity contribution in [3.05, 3.63) is 18.0 Å². The van der Waals surface area contributed by atoms with E-state index in [4.69, 9.17) is 5.11 Å². The Kier molecular flexibility index (Phi) is 3.71. The van der Waals surface area contributed by atoms with E-state index in [1.807, 2.05) is 11.9 Å². The Morgan fingerprint density at radius 2 is 1.89 bits per heavy atom. The Hall–Kier alpha value is -1.69. The van der Waals surface area contributed by atoms with Crippen molar-refractivity contribution in [3.63, 3.8) is 0 Å². The highest BCUT2D eigenvalue weighted by atomic mass is 16.4.